The summed E-state index contributed by atoms with van der Waals surface area (Å²) in [5, 5.41) is 0.619. The van der Waals surface area contributed by atoms with E-state index in [0.29, 0.717) is 42.8 Å². The summed E-state index contributed by atoms with van der Waals surface area (Å²) in [6, 6.07) is 13.0. The van der Waals surface area contributed by atoms with Crippen LogP contribution < -0.4 is 0 Å². The minimum Gasteiger partial charge on any atom is -0.444 e. The molecule has 0 spiro atoms. The number of benzene rings is 2. The fourth-order valence-electron chi connectivity index (χ4n) is 3.34. The molecule has 0 unspecified atom stereocenters. The zero-order valence-corrected chi connectivity index (χ0v) is 16.8. The van der Waals surface area contributed by atoms with Crippen LogP contribution in [0.2, 0.25) is 5.02 Å². The molecule has 2 heterocycles. The molecule has 1 fully saturated rings. The second-order valence-electron chi connectivity index (χ2n) is 6.98. The number of rotatable bonds is 4. The fraction of sp³-hybridized carbons (Fsp3) is 0.227. The van der Waals surface area contributed by atoms with Gasteiger partial charge in [-0.2, -0.15) is 0 Å². The van der Waals surface area contributed by atoms with Crippen molar-refractivity contribution in [2.45, 2.75) is 6.42 Å². The Bertz CT molecular complexity index is 1060. The average Bonchev–Trinajstić information content (AvgIpc) is 3.22. The maximum absolute atomic E-state index is 13.9. The van der Waals surface area contributed by atoms with E-state index in [4.69, 9.17) is 16.0 Å². The maximum Gasteiger partial charge on any atom is 0.256 e. The SMILES string of the molecule is O=C(Cc1coc(-c2ccc(Cl)cc2)n1)N1CCN(C(=O)c2ccccc2F)CC1. The van der Waals surface area contributed by atoms with Crippen LogP contribution in [0.3, 0.4) is 0 Å². The van der Waals surface area contributed by atoms with Crippen LogP contribution in [0.1, 0.15) is 16.1 Å². The second-order valence-corrected chi connectivity index (χ2v) is 7.42. The van der Waals surface area contributed by atoms with Gasteiger partial charge in [-0.15, -0.1) is 0 Å². The van der Waals surface area contributed by atoms with Gasteiger partial charge >= 0.3 is 0 Å². The molecule has 4 rings (SSSR count). The zero-order valence-electron chi connectivity index (χ0n) is 16.1. The van der Waals surface area contributed by atoms with Crippen LogP contribution >= 0.6 is 11.6 Å². The third-order valence-corrected chi connectivity index (χ3v) is 5.25. The molecule has 0 N–H and O–H groups in total. The number of nitrogens with zero attached hydrogens (tertiary/aromatic N) is 3. The molecule has 6 nitrogen and oxygen atoms in total. The lowest BCUT2D eigenvalue weighted by Crippen LogP contribution is -2.51. The van der Waals surface area contributed by atoms with E-state index in [-0.39, 0.29) is 23.8 Å². The number of amides is 2. The van der Waals surface area contributed by atoms with E-state index in [1.54, 1.807) is 46.2 Å². The van der Waals surface area contributed by atoms with Gasteiger partial charge in [0, 0.05) is 36.8 Å². The van der Waals surface area contributed by atoms with E-state index in [1.807, 2.05) is 0 Å². The van der Waals surface area contributed by atoms with Crippen molar-refractivity contribution in [2.75, 3.05) is 26.2 Å². The van der Waals surface area contributed by atoms with Gasteiger partial charge in [-0.05, 0) is 36.4 Å². The first-order valence-corrected chi connectivity index (χ1v) is 9.91. The summed E-state index contributed by atoms with van der Waals surface area (Å²) in [4.78, 5) is 32.7. The van der Waals surface area contributed by atoms with E-state index in [9.17, 15) is 14.0 Å². The first-order valence-electron chi connectivity index (χ1n) is 9.53. The quantitative estimate of drug-likeness (QED) is 0.637. The van der Waals surface area contributed by atoms with Gasteiger partial charge < -0.3 is 14.2 Å². The minimum absolute atomic E-state index is 0.0506. The van der Waals surface area contributed by atoms with Crippen LogP contribution in [0.4, 0.5) is 4.39 Å². The summed E-state index contributed by atoms with van der Waals surface area (Å²) in [6.45, 7) is 1.49. The predicted molar refractivity (Wildman–Crippen MR) is 110 cm³/mol. The third kappa shape index (κ3) is 4.36. The van der Waals surface area contributed by atoms with Crippen molar-refractivity contribution in [3.8, 4) is 11.5 Å². The standard InChI is InChI=1S/C22H19ClFN3O3/c23-16-7-5-15(6-8-16)21-25-17(14-30-21)13-20(28)26-9-11-27(12-10-26)22(29)18-3-1-2-4-19(18)24/h1-8,14H,9-13H2. The lowest BCUT2D eigenvalue weighted by molar-refractivity contribution is -0.132. The number of carbonyl (C=O) groups is 2. The Morgan fingerprint density at radius 1 is 1.00 bits per heavy atom. The fourth-order valence-corrected chi connectivity index (χ4v) is 3.47. The molecule has 0 radical (unpaired) electrons. The Morgan fingerprint density at radius 2 is 1.67 bits per heavy atom. The van der Waals surface area contributed by atoms with Gasteiger partial charge in [0.05, 0.1) is 17.7 Å². The van der Waals surface area contributed by atoms with Crippen molar-refractivity contribution in [2.24, 2.45) is 0 Å². The molecular formula is C22H19ClFN3O3. The summed E-state index contributed by atoms with van der Waals surface area (Å²) in [5.74, 6) is -0.563. The topological polar surface area (TPSA) is 66.7 Å². The number of hydrogen-bond acceptors (Lipinski definition) is 4. The van der Waals surface area contributed by atoms with Crippen LogP contribution in [0.25, 0.3) is 11.5 Å². The molecule has 0 bridgehead atoms. The summed E-state index contributed by atoms with van der Waals surface area (Å²) in [6.07, 6.45) is 1.58. The molecule has 0 saturated carbocycles. The number of halogens is 2. The van der Waals surface area contributed by atoms with Crippen LogP contribution in [0, 0.1) is 5.82 Å². The van der Waals surface area contributed by atoms with E-state index < -0.39 is 5.82 Å². The Labute approximate surface area is 177 Å². The molecular weight excluding hydrogens is 409 g/mol. The number of aromatic nitrogens is 1. The molecule has 2 amide bonds. The Balaban J connectivity index is 1.33. The van der Waals surface area contributed by atoms with Gasteiger partial charge in [-0.3, -0.25) is 9.59 Å². The molecule has 30 heavy (non-hydrogen) atoms. The number of hydrogen-bond donors (Lipinski definition) is 0. The van der Waals surface area contributed by atoms with Crippen LogP contribution in [0.5, 0.6) is 0 Å². The largest absolute Gasteiger partial charge is 0.444 e. The molecule has 0 aliphatic carbocycles. The van der Waals surface area contributed by atoms with Crippen molar-refractivity contribution in [1.29, 1.82) is 0 Å². The van der Waals surface area contributed by atoms with Gasteiger partial charge in [0.2, 0.25) is 11.8 Å². The minimum atomic E-state index is -0.538. The second kappa shape index (κ2) is 8.67. The Kier molecular flexibility index (Phi) is 5.81. The van der Waals surface area contributed by atoms with Gasteiger partial charge in [-0.25, -0.2) is 9.37 Å². The van der Waals surface area contributed by atoms with Crippen LogP contribution in [0.15, 0.2) is 59.2 Å². The molecule has 0 atom stereocenters. The molecule has 2 aromatic carbocycles. The highest BCUT2D eigenvalue weighted by Crippen LogP contribution is 2.21. The highest BCUT2D eigenvalue weighted by Gasteiger charge is 2.26. The van der Waals surface area contributed by atoms with Crippen LogP contribution in [-0.4, -0.2) is 52.8 Å². The van der Waals surface area contributed by atoms with Gasteiger partial charge in [-0.1, -0.05) is 23.7 Å². The van der Waals surface area contributed by atoms with E-state index in [0.717, 1.165) is 5.56 Å². The monoisotopic (exact) mass is 427 g/mol. The normalized spacial score (nSPS) is 14.1. The first kappa shape index (κ1) is 20.1. The lowest BCUT2D eigenvalue weighted by atomic mass is 10.1. The Morgan fingerprint density at radius 3 is 2.37 bits per heavy atom. The van der Waals surface area contributed by atoms with Crippen molar-refractivity contribution < 1.29 is 18.4 Å². The number of carbonyl (C=O) groups excluding carboxylic acids is 2. The summed E-state index contributed by atoms with van der Waals surface area (Å²) >= 11 is 5.89. The predicted octanol–water partition coefficient (Wildman–Crippen LogP) is 3.66. The summed E-state index contributed by atoms with van der Waals surface area (Å²) in [7, 11) is 0. The molecule has 1 aromatic heterocycles. The summed E-state index contributed by atoms with van der Waals surface area (Å²) < 4.78 is 19.3. The van der Waals surface area contributed by atoms with E-state index >= 15 is 0 Å². The Hall–Kier alpha value is -3.19. The highest BCUT2D eigenvalue weighted by atomic mass is 35.5. The van der Waals surface area contributed by atoms with Gasteiger partial charge in [0.25, 0.3) is 5.91 Å². The zero-order chi connectivity index (χ0) is 21.1. The average molecular weight is 428 g/mol. The molecule has 8 heteroatoms. The van der Waals surface area contributed by atoms with Crippen LogP contribution in [-0.2, 0) is 11.2 Å². The summed E-state index contributed by atoms with van der Waals surface area (Å²) in [5.41, 5.74) is 1.36. The van der Waals surface area contributed by atoms with Crippen molar-refractivity contribution in [3.63, 3.8) is 0 Å². The first-order chi connectivity index (χ1) is 14.5. The van der Waals surface area contributed by atoms with Crippen molar-refractivity contribution >= 4 is 23.4 Å². The molecule has 1 aliphatic heterocycles. The molecule has 1 saturated heterocycles. The smallest absolute Gasteiger partial charge is 0.256 e. The number of piperazine rings is 1. The maximum atomic E-state index is 13.9. The molecule has 3 aromatic rings. The highest BCUT2D eigenvalue weighted by molar-refractivity contribution is 6.30. The van der Waals surface area contributed by atoms with Crippen molar-refractivity contribution in [3.05, 3.63) is 76.9 Å². The third-order valence-electron chi connectivity index (χ3n) is 5.00. The molecule has 154 valence electrons. The van der Waals surface area contributed by atoms with Crippen molar-refractivity contribution in [1.82, 2.24) is 14.8 Å². The number of oxazole rings is 1. The van der Waals surface area contributed by atoms with Gasteiger partial charge in [0.15, 0.2) is 0 Å². The lowest BCUT2D eigenvalue weighted by Gasteiger charge is -2.34. The van der Waals surface area contributed by atoms with E-state index in [1.165, 1.54) is 18.4 Å². The molecule has 1 aliphatic rings. The van der Waals surface area contributed by atoms with E-state index in [2.05, 4.69) is 4.98 Å². The van der Waals surface area contributed by atoms with Gasteiger partial charge in [0.1, 0.15) is 12.1 Å².